The smallest absolute Gasteiger partial charge is 0.0613 e. The van der Waals surface area contributed by atoms with Crippen LogP contribution in [-0.4, -0.2) is 0 Å². The first-order valence-electron chi connectivity index (χ1n) is 3.25. The predicted octanol–water partition coefficient (Wildman–Crippen LogP) is 2.04. The summed E-state index contributed by atoms with van der Waals surface area (Å²) in [5.41, 5.74) is 1.28. The summed E-state index contributed by atoms with van der Waals surface area (Å²) in [6.45, 7) is 2.10. The average Bonchev–Trinajstić information content (AvgIpc) is 2.05. The van der Waals surface area contributed by atoms with Gasteiger partial charge in [-0.15, -0.1) is 0 Å². The quantitative estimate of drug-likeness (QED) is 0.594. The lowest BCUT2D eigenvalue weighted by molar-refractivity contribution is 0.605. The summed E-state index contributed by atoms with van der Waals surface area (Å²) in [6.07, 6.45) is 1.03. The van der Waals surface area contributed by atoms with Gasteiger partial charge in [-0.05, 0) is 12.0 Å². The molecule has 0 aromatic heterocycles. The van der Waals surface area contributed by atoms with Gasteiger partial charge in [0.05, 0.1) is 0 Å². The van der Waals surface area contributed by atoms with Gasteiger partial charge in [-0.2, -0.15) is 0 Å². The van der Waals surface area contributed by atoms with Crippen molar-refractivity contribution in [3.8, 4) is 0 Å². The standard InChI is InChI=1S/C8H9OS/c1-2-7-3-5-8(10-9)6-4-7/h3-6H,2H2,1H3/q+1. The molecule has 1 rings (SSSR count). The van der Waals surface area contributed by atoms with Crippen LogP contribution in [0.1, 0.15) is 12.5 Å². The van der Waals surface area contributed by atoms with Gasteiger partial charge < -0.3 is 0 Å². The molecule has 0 unspecified atom stereocenters. The van der Waals surface area contributed by atoms with Crippen molar-refractivity contribution in [1.82, 2.24) is 0 Å². The van der Waals surface area contributed by atoms with Crippen molar-refractivity contribution in [2.75, 3.05) is 0 Å². The first-order chi connectivity index (χ1) is 4.86. The zero-order chi connectivity index (χ0) is 7.40. The molecule has 0 radical (unpaired) electrons. The van der Waals surface area contributed by atoms with Crippen LogP contribution < -0.4 is 0 Å². The fourth-order valence-electron chi connectivity index (χ4n) is 0.781. The molecule has 1 aromatic carbocycles. The first kappa shape index (κ1) is 7.35. The summed E-state index contributed by atoms with van der Waals surface area (Å²) >= 11 is 0.538. The lowest BCUT2D eigenvalue weighted by Crippen LogP contribution is -1.78. The topological polar surface area (TPSA) is 17.1 Å². The van der Waals surface area contributed by atoms with Crippen molar-refractivity contribution in [3.63, 3.8) is 0 Å². The van der Waals surface area contributed by atoms with Crippen LogP contribution in [0.4, 0.5) is 0 Å². The molecular formula is C8H9OS+. The van der Waals surface area contributed by atoms with E-state index in [1.807, 2.05) is 24.3 Å². The van der Waals surface area contributed by atoms with Crippen molar-refractivity contribution in [1.29, 1.82) is 0 Å². The molecule has 0 aliphatic carbocycles. The van der Waals surface area contributed by atoms with E-state index >= 15 is 0 Å². The van der Waals surface area contributed by atoms with Gasteiger partial charge in [0, 0.05) is 16.3 Å². The normalized spacial score (nSPS) is 9.30. The summed E-state index contributed by atoms with van der Waals surface area (Å²) in [4.78, 5) is 0.789. The second-order valence-corrected chi connectivity index (χ2v) is 2.72. The highest BCUT2D eigenvalue weighted by molar-refractivity contribution is 7.65. The van der Waals surface area contributed by atoms with Crippen LogP contribution in [0.2, 0.25) is 0 Å². The maximum absolute atomic E-state index is 10.2. The van der Waals surface area contributed by atoms with E-state index in [1.54, 1.807) is 0 Å². The molecule has 0 aliphatic heterocycles. The van der Waals surface area contributed by atoms with E-state index in [-0.39, 0.29) is 0 Å². The summed E-state index contributed by atoms with van der Waals surface area (Å²) in [5.74, 6) is 0. The second kappa shape index (κ2) is 3.42. The second-order valence-electron chi connectivity index (χ2n) is 2.08. The highest BCUT2D eigenvalue weighted by atomic mass is 32.1. The van der Waals surface area contributed by atoms with Crippen molar-refractivity contribution < 1.29 is 4.21 Å². The minimum absolute atomic E-state index is 0.538. The van der Waals surface area contributed by atoms with Gasteiger partial charge in [-0.1, -0.05) is 19.1 Å². The fraction of sp³-hybridized carbons (Fsp3) is 0.250. The van der Waals surface area contributed by atoms with E-state index in [9.17, 15) is 4.21 Å². The van der Waals surface area contributed by atoms with Crippen LogP contribution >= 0.6 is 0 Å². The first-order valence-corrected chi connectivity index (χ1v) is 3.99. The molecule has 0 fully saturated rings. The van der Waals surface area contributed by atoms with E-state index in [2.05, 4.69) is 6.92 Å². The lowest BCUT2D eigenvalue weighted by atomic mass is 10.2. The fourth-order valence-corrected chi connectivity index (χ4v) is 1.03. The van der Waals surface area contributed by atoms with E-state index in [4.69, 9.17) is 0 Å². The van der Waals surface area contributed by atoms with Crippen LogP contribution in [0, 0.1) is 0 Å². The van der Waals surface area contributed by atoms with Gasteiger partial charge in [0.15, 0.2) is 0 Å². The molecular weight excluding hydrogens is 144 g/mol. The Hall–Kier alpha value is -0.760. The van der Waals surface area contributed by atoms with Crippen LogP contribution in [-0.2, 0) is 22.3 Å². The summed E-state index contributed by atoms with van der Waals surface area (Å²) < 4.78 is 10.2. The van der Waals surface area contributed by atoms with Crippen molar-refractivity contribution >= 4 is 11.7 Å². The summed E-state index contributed by atoms with van der Waals surface area (Å²) in [5, 5.41) is 0. The number of hydrogen-bond acceptors (Lipinski definition) is 1. The maximum Gasteiger partial charge on any atom is 0.505 e. The molecule has 0 amide bonds. The zero-order valence-corrected chi connectivity index (χ0v) is 6.65. The summed E-state index contributed by atoms with van der Waals surface area (Å²) in [7, 11) is 0. The van der Waals surface area contributed by atoms with Gasteiger partial charge in [0.1, 0.15) is 0 Å². The highest BCUT2D eigenvalue weighted by Gasteiger charge is 2.02. The molecule has 0 spiro atoms. The molecule has 0 saturated carbocycles. The Morgan fingerprint density at radius 2 is 1.90 bits per heavy atom. The van der Waals surface area contributed by atoms with Crippen LogP contribution in [0.25, 0.3) is 0 Å². The number of rotatable bonds is 2. The molecule has 0 saturated heterocycles. The third-order valence-electron chi connectivity index (χ3n) is 1.43. The zero-order valence-electron chi connectivity index (χ0n) is 5.83. The lowest BCUT2D eigenvalue weighted by Gasteiger charge is -1.89. The van der Waals surface area contributed by atoms with E-state index in [0.717, 1.165) is 11.3 Å². The minimum atomic E-state index is 0.538. The Bertz CT molecular complexity index is 215. The van der Waals surface area contributed by atoms with E-state index < -0.39 is 0 Å². The molecule has 0 bridgehead atoms. The summed E-state index contributed by atoms with van der Waals surface area (Å²) in [6, 6.07) is 7.69. The van der Waals surface area contributed by atoms with Gasteiger partial charge in [0.2, 0.25) is 0 Å². The molecule has 0 heterocycles. The molecule has 1 nitrogen and oxygen atoms in total. The monoisotopic (exact) mass is 153 g/mol. The largest absolute Gasteiger partial charge is 0.505 e. The Kier molecular flexibility index (Phi) is 2.51. The Labute approximate surface area is 64.6 Å². The third kappa shape index (κ3) is 1.61. The molecule has 52 valence electrons. The minimum Gasteiger partial charge on any atom is -0.0613 e. The Balaban J connectivity index is 2.90. The van der Waals surface area contributed by atoms with Crippen LogP contribution in [0.15, 0.2) is 29.2 Å². The van der Waals surface area contributed by atoms with E-state index in [0.29, 0.717) is 11.7 Å². The molecule has 1 aromatic rings. The average molecular weight is 153 g/mol. The molecule has 0 atom stereocenters. The van der Waals surface area contributed by atoms with Gasteiger partial charge in [-0.25, -0.2) is 0 Å². The SMILES string of the molecule is CCc1ccc([S+]=O)cc1. The molecule has 2 heteroatoms. The van der Waals surface area contributed by atoms with Crippen molar-refractivity contribution in [3.05, 3.63) is 29.8 Å². The van der Waals surface area contributed by atoms with Gasteiger partial charge >= 0.3 is 11.7 Å². The van der Waals surface area contributed by atoms with Crippen molar-refractivity contribution in [2.45, 2.75) is 18.2 Å². The number of aryl methyl sites for hydroxylation is 1. The molecule has 0 N–H and O–H groups in total. The van der Waals surface area contributed by atoms with Crippen LogP contribution in [0.5, 0.6) is 0 Å². The molecule has 0 aliphatic rings. The Morgan fingerprint density at radius 1 is 1.30 bits per heavy atom. The van der Waals surface area contributed by atoms with Crippen LogP contribution in [0.3, 0.4) is 0 Å². The van der Waals surface area contributed by atoms with E-state index in [1.165, 1.54) is 5.56 Å². The maximum atomic E-state index is 10.2. The predicted molar refractivity (Wildman–Crippen MR) is 42.1 cm³/mol. The number of hydrogen-bond donors (Lipinski definition) is 0. The Morgan fingerprint density at radius 3 is 2.30 bits per heavy atom. The van der Waals surface area contributed by atoms with Crippen molar-refractivity contribution in [2.24, 2.45) is 0 Å². The highest BCUT2D eigenvalue weighted by Crippen LogP contribution is 2.03. The van der Waals surface area contributed by atoms with Gasteiger partial charge in [0.25, 0.3) is 4.90 Å². The molecule has 10 heavy (non-hydrogen) atoms. The van der Waals surface area contributed by atoms with Gasteiger partial charge in [-0.3, -0.25) is 0 Å². The number of benzene rings is 1. The third-order valence-corrected chi connectivity index (χ3v) is 1.89.